The van der Waals surface area contributed by atoms with Gasteiger partial charge in [0.2, 0.25) is 6.17 Å². The van der Waals surface area contributed by atoms with Crippen molar-refractivity contribution in [3.8, 4) is 0 Å². The Labute approximate surface area is 179 Å². The van der Waals surface area contributed by atoms with Gasteiger partial charge in [-0.25, -0.2) is 14.2 Å². The Balaban J connectivity index is 1.61. The predicted molar refractivity (Wildman–Crippen MR) is 117 cm³/mol. The van der Waals surface area contributed by atoms with Gasteiger partial charge in [-0.3, -0.25) is 4.79 Å². The van der Waals surface area contributed by atoms with Crippen LogP contribution in [0.2, 0.25) is 0 Å². The number of nitrogens with one attached hydrogen (secondary N) is 2. The number of amides is 3. The molecule has 0 saturated carbocycles. The van der Waals surface area contributed by atoms with Crippen LogP contribution in [0.15, 0.2) is 83.9 Å². The quantitative estimate of drug-likeness (QED) is 0.684. The first kappa shape index (κ1) is 20.3. The van der Waals surface area contributed by atoms with E-state index in [2.05, 4.69) is 15.6 Å². The number of hydrogen-bond donors (Lipinski definition) is 2. The number of anilines is 1. The Hall–Kier alpha value is -4.00. The van der Waals surface area contributed by atoms with Gasteiger partial charge < -0.3 is 15.5 Å². The summed E-state index contributed by atoms with van der Waals surface area (Å²) in [6, 6.07) is 22.4. The SMILES string of the molecule is CN1C(=O)C(NC(=O)NCc2cccc(F)c2)N=C(c2ccccc2)c2ccccc21. The summed E-state index contributed by atoms with van der Waals surface area (Å²) in [5, 5.41) is 5.28. The Bertz CT molecular complexity index is 1150. The van der Waals surface area contributed by atoms with Crippen LogP contribution < -0.4 is 15.5 Å². The van der Waals surface area contributed by atoms with Crippen LogP contribution in [0.25, 0.3) is 0 Å². The molecule has 3 aromatic rings. The van der Waals surface area contributed by atoms with Crippen LogP contribution in [-0.2, 0) is 11.3 Å². The number of rotatable bonds is 4. The maximum atomic E-state index is 13.3. The molecule has 4 rings (SSSR count). The van der Waals surface area contributed by atoms with Gasteiger partial charge in [-0.2, -0.15) is 0 Å². The molecule has 0 aliphatic carbocycles. The number of aliphatic imine (C=N–C) groups is 1. The molecule has 7 heteroatoms. The van der Waals surface area contributed by atoms with Crippen molar-refractivity contribution in [2.24, 2.45) is 4.99 Å². The van der Waals surface area contributed by atoms with E-state index in [9.17, 15) is 14.0 Å². The van der Waals surface area contributed by atoms with Gasteiger partial charge in [-0.05, 0) is 23.8 Å². The minimum absolute atomic E-state index is 0.121. The van der Waals surface area contributed by atoms with Gasteiger partial charge in [0.1, 0.15) is 5.82 Å². The smallest absolute Gasteiger partial charge is 0.317 e. The molecule has 3 amide bonds. The average molecular weight is 416 g/mol. The predicted octanol–water partition coefficient (Wildman–Crippen LogP) is 3.47. The molecule has 0 radical (unpaired) electrons. The van der Waals surface area contributed by atoms with Crippen molar-refractivity contribution in [2.75, 3.05) is 11.9 Å². The molecular formula is C24H21FN4O2. The van der Waals surface area contributed by atoms with Crippen molar-refractivity contribution in [1.82, 2.24) is 10.6 Å². The third kappa shape index (κ3) is 4.45. The molecule has 156 valence electrons. The standard InChI is InChI=1S/C24H21FN4O2/c1-29-20-13-6-5-12-19(20)21(17-9-3-2-4-10-17)27-22(23(29)30)28-24(31)26-15-16-8-7-11-18(25)14-16/h2-14,22H,15H2,1H3,(H2,26,28,31). The number of likely N-dealkylation sites (N-methyl/N-ethyl adjacent to an activating group) is 1. The summed E-state index contributed by atoms with van der Waals surface area (Å²) < 4.78 is 13.3. The van der Waals surface area contributed by atoms with Gasteiger partial charge in [-0.1, -0.05) is 60.7 Å². The summed E-state index contributed by atoms with van der Waals surface area (Å²) in [5.74, 6) is -0.741. The van der Waals surface area contributed by atoms with Gasteiger partial charge in [0.25, 0.3) is 5.91 Å². The highest BCUT2D eigenvalue weighted by Gasteiger charge is 2.30. The highest BCUT2D eigenvalue weighted by Crippen LogP contribution is 2.27. The number of benzene rings is 3. The third-order valence-corrected chi connectivity index (χ3v) is 5.00. The number of fused-ring (bicyclic) bond motifs is 1. The largest absolute Gasteiger partial charge is 0.334 e. The van der Waals surface area contributed by atoms with Crippen molar-refractivity contribution in [2.45, 2.75) is 12.7 Å². The summed E-state index contributed by atoms with van der Waals surface area (Å²) in [6.45, 7) is 0.121. The molecule has 2 N–H and O–H groups in total. The van der Waals surface area contributed by atoms with Crippen LogP contribution in [0, 0.1) is 5.82 Å². The molecule has 0 saturated heterocycles. The Morgan fingerprint density at radius 3 is 2.55 bits per heavy atom. The minimum Gasteiger partial charge on any atom is -0.334 e. The molecule has 1 aliphatic heterocycles. The lowest BCUT2D eigenvalue weighted by Gasteiger charge is -2.21. The van der Waals surface area contributed by atoms with Crippen LogP contribution in [0.1, 0.15) is 16.7 Å². The van der Waals surface area contributed by atoms with Gasteiger partial charge in [0.15, 0.2) is 0 Å². The maximum Gasteiger partial charge on any atom is 0.317 e. The molecule has 0 spiro atoms. The number of hydrogen-bond acceptors (Lipinski definition) is 3. The van der Waals surface area contributed by atoms with Crippen molar-refractivity contribution in [3.63, 3.8) is 0 Å². The first-order valence-electron chi connectivity index (χ1n) is 9.82. The zero-order valence-electron chi connectivity index (χ0n) is 16.9. The summed E-state index contributed by atoms with van der Waals surface area (Å²) >= 11 is 0. The molecule has 0 bridgehead atoms. The zero-order valence-corrected chi connectivity index (χ0v) is 16.9. The van der Waals surface area contributed by atoms with E-state index in [0.29, 0.717) is 17.0 Å². The van der Waals surface area contributed by atoms with Crippen molar-refractivity contribution in [3.05, 3.63) is 101 Å². The lowest BCUT2D eigenvalue weighted by Crippen LogP contribution is -2.49. The second-order valence-corrected chi connectivity index (χ2v) is 7.12. The molecule has 1 atom stereocenters. The third-order valence-electron chi connectivity index (χ3n) is 5.00. The molecule has 0 fully saturated rings. The second kappa shape index (κ2) is 8.79. The second-order valence-electron chi connectivity index (χ2n) is 7.12. The van der Waals surface area contributed by atoms with Crippen molar-refractivity contribution < 1.29 is 14.0 Å². The van der Waals surface area contributed by atoms with E-state index in [1.165, 1.54) is 17.0 Å². The average Bonchev–Trinajstić information content (AvgIpc) is 2.89. The van der Waals surface area contributed by atoms with Gasteiger partial charge >= 0.3 is 6.03 Å². The van der Waals surface area contributed by atoms with E-state index >= 15 is 0 Å². The fraction of sp³-hybridized carbons (Fsp3) is 0.125. The Morgan fingerprint density at radius 2 is 1.77 bits per heavy atom. The molecule has 3 aromatic carbocycles. The van der Waals surface area contributed by atoms with Crippen LogP contribution in [0.4, 0.5) is 14.9 Å². The van der Waals surface area contributed by atoms with E-state index in [0.717, 1.165) is 11.1 Å². The van der Waals surface area contributed by atoms with Crippen LogP contribution >= 0.6 is 0 Å². The monoisotopic (exact) mass is 416 g/mol. The molecule has 31 heavy (non-hydrogen) atoms. The van der Waals surface area contributed by atoms with Gasteiger partial charge in [0.05, 0.1) is 11.4 Å². The number of para-hydroxylation sites is 1. The van der Waals surface area contributed by atoms with Crippen LogP contribution in [0.3, 0.4) is 0 Å². The number of carbonyl (C=O) groups is 2. The summed E-state index contributed by atoms with van der Waals surface area (Å²) in [4.78, 5) is 31.7. The minimum atomic E-state index is -1.11. The highest BCUT2D eigenvalue weighted by atomic mass is 19.1. The summed E-state index contributed by atoms with van der Waals surface area (Å²) in [6.07, 6.45) is -1.11. The molecular weight excluding hydrogens is 395 g/mol. The first-order valence-corrected chi connectivity index (χ1v) is 9.82. The number of carbonyl (C=O) groups excluding carboxylic acids is 2. The van der Waals surface area contributed by atoms with E-state index in [4.69, 9.17) is 0 Å². The van der Waals surface area contributed by atoms with Crippen molar-refractivity contribution in [1.29, 1.82) is 0 Å². The molecule has 1 heterocycles. The highest BCUT2D eigenvalue weighted by molar-refractivity contribution is 6.20. The van der Waals surface area contributed by atoms with E-state index in [-0.39, 0.29) is 18.3 Å². The maximum absolute atomic E-state index is 13.3. The number of urea groups is 1. The molecule has 6 nitrogen and oxygen atoms in total. The van der Waals surface area contributed by atoms with E-state index in [1.54, 1.807) is 19.2 Å². The molecule has 1 aliphatic rings. The summed E-state index contributed by atoms with van der Waals surface area (Å²) in [7, 11) is 1.66. The van der Waals surface area contributed by atoms with Crippen molar-refractivity contribution >= 4 is 23.3 Å². The van der Waals surface area contributed by atoms with E-state index < -0.39 is 12.2 Å². The zero-order chi connectivity index (χ0) is 21.8. The fourth-order valence-corrected chi connectivity index (χ4v) is 3.45. The number of benzodiazepines with no additional fused rings is 1. The van der Waals surface area contributed by atoms with E-state index in [1.807, 2.05) is 54.6 Å². The lowest BCUT2D eigenvalue weighted by atomic mass is 10.0. The molecule has 0 aromatic heterocycles. The van der Waals surface area contributed by atoms with Crippen LogP contribution in [-0.4, -0.2) is 30.9 Å². The Kier molecular flexibility index (Phi) is 5.75. The summed E-state index contributed by atoms with van der Waals surface area (Å²) in [5.41, 5.74) is 3.57. The first-order chi connectivity index (χ1) is 15.0. The number of halogens is 1. The number of nitrogens with zero attached hydrogens (tertiary/aromatic N) is 2. The van der Waals surface area contributed by atoms with Gasteiger partial charge in [-0.15, -0.1) is 0 Å². The van der Waals surface area contributed by atoms with Crippen LogP contribution in [0.5, 0.6) is 0 Å². The topological polar surface area (TPSA) is 73.8 Å². The lowest BCUT2D eigenvalue weighted by molar-refractivity contribution is -0.119. The Morgan fingerprint density at radius 1 is 1.03 bits per heavy atom. The fourth-order valence-electron chi connectivity index (χ4n) is 3.45. The normalized spacial score (nSPS) is 15.5. The van der Waals surface area contributed by atoms with Gasteiger partial charge in [0, 0.05) is 24.7 Å². The molecule has 1 unspecified atom stereocenters.